The van der Waals surface area contributed by atoms with Crippen LogP contribution in [0.5, 0.6) is 0 Å². The second kappa shape index (κ2) is 8.06. The summed E-state index contributed by atoms with van der Waals surface area (Å²) in [7, 11) is 0. The highest BCUT2D eigenvalue weighted by molar-refractivity contribution is 5.09. The zero-order valence-corrected chi connectivity index (χ0v) is 13.6. The summed E-state index contributed by atoms with van der Waals surface area (Å²) in [6.07, 6.45) is 7.72. The van der Waals surface area contributed by atoms with Gasteiger partial charge in [0.1, 0.15) is 0 Å². The second-order valence-corrected chi connectivity index (χ2v) is 5.90. The summed E-state index contributed by atoms with van der Waals surface area (Å²) in [5.41, 5.74) is 1.77. The van der Waals surface area contributed by atoms with Crippen LogP contribution in [0.3, 0.4) is 0 Å². The summed E-state index contributed by atoms with van der Waals surface area (Å²) in [5, 5.41) is 3.78. The summed E-state index contributed by atoms with van der Waals surface area (Å²) in [6.45, 7) is 16.7. The third-order valence-corrected chi connectivity index (χ3v) is 4.95. The van der Waals surface area contributed by atoms with Crippen molar-refractivity contribution in [3.8, 4) is 0 Å². The van der Waals surface area contributed by atoms with Crippen molar-refractivity contribution in [2.24, 2.45) is 0 Å². The van der Waals surface area contributed by atoms with Crippen molar-refractivity contribution >= 4 is 0 Å². The van der Waals surface area contributed by atoms with Gasteiger partial charge in [-0.1, -0.05) is 52.7 Å². The van der Waals surface area contributed by atoms with Crippen molar-refractivity contribution in [1.82, 2.24) is 10.2 Å². The van der Waals surface area contributed by atoms with Crippen LogP contribution in [0.2, 0.25) is 0 Å². The summed E-state index contributed by atoms with van der Waals surface area (Å²) in [5.74, 6) is 0. The molecule has 0 radical (unpaired) electrons. The number of nitrogens with one attached hydrogen (secondary N) is 1. The van der Waals surface area contributed by atoms with Gasteiger partial charge < -0.3 is 5.32 Å². The molecule has 1 saturated carbocycles. The summed E-state index contributed by atoms with van der Waals surface area (Å²) < 4.78 is 0. The first-order chi connectivity index (χ1) is 9.14. The molecule has 0 amide bonds. The SMILES string of the molecule is C=C(CC)CC(NCC)C1(N(CC)CC)CCCC1. The van der Waals surface area contributed by atoms with Gasteiger partial charge in [0, 0.05) is 11.6 Å². The first-order valence-electron chi connectivity index (χ1n) is 8.29. The van der Waals surface area contributed by atoms with Crippen LogP contribution in [0.15, 0.2) is 12.2 Å². The Bertz CT molecular complexity index is 262. The molecule has 0 heterocycles. The molecule has 19 heavy (non-hydrogen) atoms. The maximum Gasteiger partial charge on any atom is 0.0365 e. The fourth-order valence-corrected chi connectivity index (χ4v) is 3.86. The quantitative estimate of drug-likeness (QED) is 0.635. The van der Waals surface area contributed by atoms with Crippen LogP contribution in [0.4, 0.5) is 0 Å². The Kier molecular flexibility index (Phi) is 7.09. The maximum atomic E-state index is 4.25. The van der Waals surface area contributed by atoms with E-state index in [4.69, 9.17) is 0 Å². The lowest BCUT2D eigenvalue weighted by Gasteiger charge is -2.47. The first kappa shape index (κ1) is 16.7. The van der Waals surface area contributed by atoms with Gasteiger partial charge in [-0.2, -0.15) is 0 Å². The number of hydrogen-bond donors (Lipinski definition) is 1. The Morgan fingerprint density at radius 1 is 1.16 bits per heavy atom. The van der Waals surface area contributed by atoms with Crippen molar-refractivity contribution in [3.05, 3.63) is 12.2 Å². The Morgan fingerprint density at radius 2 is 1.74 bits per heavy atom. The molecule has 0 spiro atoms. The lowest BCUT2D eigenvalue weighted by molar-refractivity contribution is 0.0633. The molecular formula is C17H34N2. The van der Waals surface area contributed by atoms with E-state index in [-0.39, 0.29) is 0 Å². The van der Waals surface area contributed by atoms with Crippen LogP contribution in [0.1, 0.15) is 66.2 Å². The Labute approximate surface area is 120 Å². The molecule has 1 aliphatic carbocycles. The molecule has 1 atom stereocenters. The highest BCUT2D eigenvalue weighted by atomic mass is 15.2. The molecule has 0 saturated heterocycles. The summed E-state index contributed by atoms with van der Waals surface area (Å²) >= 11 is 0. The van der Waals surface area contributed by atoms with Gasteiger partial charge in [0.15, 0.2) is 0 Å². The van der Waals surface area contributed by atoms with E-state index in [2.05, 4.69) is 44.5 Å². The van der Waals surface area contributed by atoms with E-state index in [1.807, 2.05) is 0 Å². The molecule has 1 aliphatic rings. The van der Waals surface area contributed by atoms with E-state index in [0.717, 1.165) is 32.5 Å². The number of rotatable bonds is 9. The van der Waals surface area contributed by atoms with Gasteiger partial charge in [-0.15, -0.1) is 0 Å². The monoisotopic (exact) mass is 266 g/mol. The van der Waals surface area contributed by atoms with Crippen LogP contribution in [0, 0.1) is 0 Å². The minimum atomic E-state index is 0.373. The Hall–Kier alpha value is -0.340. The molecule has 0 aliphatic heterocycles. The predicted molar refractivity (Wildman–Crippen MR) is 85.6 cm³/mol. The molecule has 1 fully saturated rings. The Morgan fingerprint density at radius 3 is 2.16 bits per heavy atom. The molecule has 0 aromatic heterocycles. The molecule has 1 unspecified atom stereocenters. The topological polar surface area (TPSA) is 15.3 Å². The molecule has 112 valence electrons. The first-order valence-corrected chi connectivity index (χ1v) is 8.29. The highest BCUT2D eigenvalue weighted by Gasteiger charge is 2.44. The highest BCUT2D eigenvalue weighted by Crippen LogP contribution is 2.40. The molecule has 1 N–H and O–H groups in total. The minimum absolute atomic E-state index is 0.373. The third kappa shape index (κ3) is 3.82. The number of nitrogens with zero attached hydrogens (tertiary/aromatic N) is 1. The minimum Gasteiger partial charge on any atom is -0.312 e. The van der Waals surface area contributed by atoms with Gasteiger partial charge in [-0.3, -0.25) is 4.90 Å². The second-order valence-electron chi connectivity index (χ2n) is 5.90. The van der Waals surface area contributed by atoms with Crippen molar-refractivity contribution in [2.45, 2.75) is 77.8 Å². The summed E-state index contributed by atoms with van der Waals surface area (Å²) in [6, 6.07) is 0.576. The molecule has 1 rings (SSSR count). The zero-order chi connectivity index (χ0) is 14.3. The van der Waals surface area contributed by atoms with Gasteiger partial charge in [0.05, 0.1) is 0 Å². The van der Waals surface area contributed by atoms with Crippen molar-refractivity contribution in [2.75, 3.05) is 19.6 Å². The predicted octanol–water partition coefficient (Wildman–Crippen LogP) is 3.98. The van der Waals surface area contributed by atoms with E-state index in [0.29, 0.717) is 11.6 Å². The van der Waals surface area contributed by atoms with Crippen LogP contribution in [-0.2, 0) is 0 Å². The van der Waals surface area contributed by atoms with Gasteiger partial charge in [0.25, 0.3) is 0 Å². The van der Waals surface area contributed by atoms with Gasteiger partial charge >= 0.3 is 0 Å². The van der Waals surface area contributed by atoms with Crippen molar-refractivity contribution in [1.29, 1.82) is 0 Å². The smallest absolute Gasteiger partial charge is 0.0365 e. The van der Waals surface area contributed by atoms with E-state index in [1.165, 1.54) is 31.3 Å². The molecule has 0 aromatic rings. The zero-order valence-electron chi connectivity index (χ0n) is 13.6. The fraction of sp³-hybridized carbons (Fsp3) is 0.882. The van der Waals surface area contributed by atoms with E-state index in [1.54, 1.807) is 0 Å². The lowest BCUT2D eigenvalue weighted by Crippen LogP contribution is -2.60. The van der Waals surface area contributed by atoms with Gasteiger partial charge in [-0.05, 0) is 45.3 Å². The van der Waals surface area contributed by atoms with Crippen LogP contribution < -0.4 is 5.32 Å². The normalized spacial score (nSPS) is 19.8. The standard InChI is InChI=1S/C17H34N2/c1-6-15(5)14-16(18-7-2)17(12-10-11-13-17)19(8-3)9-4/h16,18H,5-14H2,1-4H3. The van der Waals surface area contributed by atoms with Crippen LogP contribution in [0.25, 0.3) is 0 Å². The molecule has 0 bridgehead atoms. The van der Waals surface area contributed by atoms with E-state index in [9.17, 15) is 0 Å². The van der Waals surface area contributed by atoms with Gasteiger partial charge in [0.2, 0.25) is 0 Å². The van der Waals surface area contributed by atoms with Gasteiger partial charge in [-0.25, -0.2) is 0 Å². The Balaban J connectivity index is 2.93. The largest absolute Gasteiger partial charge is 0.312 e. The molecule has 2 heteroatoms. The average molecular weight is 266 g/mol. The molecule has 2 nitrogen and oxygen atoms in total. The fourth-order valence-electron chi connectivity index (χ4n) is 3.86. The molecular weight excluding hydrogens is 232 g/mol. The van der Waals surface area contributed by atoms with Crippen LogP contribution in [-0.4, -0.2) is 36.1 Å². The number of hydrogen-bond acceptors (Lipinski definition) is 2. The number of likely N-dealkylation sites (N-methyl/N-ethyl adjacent to an activating group) is 2. The summed E-state index contributed by atoms with van der Waals surface area (Å²) in [4.78, 5) is 2.70. The third-order valence-electron chi connectivity index (χ3n) is 4.95. The van der Waals surface area contributed by atoms with E-state index >= 15 is 0 Å². The van der Waals surface area contributed by atoms with Crippen molar-refractivity contribution in [3.63, 3.8) is 0 Å². The van der Waals surface area contributed by atoms with Crippen LogP contribution >= 0.6 is 0 Å². The average Bonchev–Trinajstić information content (AvgIpc) is 2.90. The maximum absolute atomic E-state index is 4.25. The van der Waals surface area contributed by atoms with E-state index < -0.39 is 0 Å². The van der Waals surface area contributed by atoms with Crippen molar-refractivity contribution < 1.29 is 0 Å². The molecule has 0 aromatic carbocycles. The lowest BCUT2D eigenvalue weighted by atomic mass is 9.82.